The molecule has 1 atom stereocenters. The van der Waals surface area contributed by atoms with Gasteiger partial charge in [0.05, 0.1) is 6.20 Å². The van der Waals surface area contributed by atoms with Crippen LogP contribution in [0.3, 0.4) is 0 Å². The van der Waals surface area contributed by atoms with Crippen molar-refractivity contribution in [3.8, 4) is 0 Å². The summed E-state index contributed by atoms with van der Waals surface area (Å²) in [6.45, 7) is 0. The predicted octanol–water partition coefficient (Wildman–Crippen LogP) is 1.44. The van der Waals surface area contributed by atoms with E-state index in [1.165, 1.54) is 12.5 Å². The summed E-state index contributed by atoms with van der Waals surface area (Å²) < 4.78 is 38.1. The molecular formula is C6H4F3N3OS. The number of hydrogen-bond acceptors (Lipinski definition) is 3. The van der Waals surface area contributed by atoms with Crippen LogP contribution < -0.4 is 0 Å². The molecule has 1 unspecified atom stereocenters. The van der Waals surface area contributed by atoms with E-state index >= 15 is 0 Å². The van der Waals surface area contributed by atoms with Crippen molar-refractivity contribution >= 4 is 27.6 Å². The van der Waals surface area contributed by atoms with Crippen LogP contribution in [0.2, 0.25) is 0 Å². The maximum atomic E-state index is 12.3. The van der Waals surface area contributed by atoms with E-state index in [1.54, 1.807) is 0 Å². The predicted molar refractivity (Wildman–Crippen MR) is 46.5 cm³/mol. The van der Waals surface area contributed by atoms with Gasteiger partial charge in [0.1, 0.15) is 6.33 Å². The highest BCUT2D eigenvalue weighted by atomic mass is 32.2. The Balaban J connectivity index is 2.48. The van der Waals surface area contributed by atoms with Crippen molar-refractivity contribution in [3.63, 3.8) is 0 Å². The number of halogens is 3. The number of fused-ring (bicyclic) bond motifs is 1. The van der Waals surface area contributed by atoms with E-state index in [1.807, 2.05) is 0 Å². The van der Waals surface area contributed by atoms with Gasteiger partial charge in [-0.2, -0.15) is 13.2 Å². The summed E-state index contributed by atoms with van der Waals surface area (Å²) in [5.74, 6) is 0.0792. The second-order valence-electron chi connectivity index (χ2n) is 2.48. The summed E-state index contributed by atoms with van der Waals surface area (Å²) in [5.41, 5.74) is 0.264. The summed E-state index contributed by atoms with van der Waals surface area (Å²) in [6.07, 6.45) is -2.18. The van der Waals surface area contributed by atoms with E-state index < -0.39 is 22.3 Å². The molecule has 1 aliphatic heterocycles. The highest BCUT2D eigenvalue weighted by Crippen LogP contribution is 2.44. The zero-order chi connectivity index (χ0) is 10.3. The first-order valence-electron chi connectivity index (χ1n) is 3.47. The molecule has 0 aromatic carbocycles. The average molecular weight is 223 g/mol. The van der Waals surface area contributed by atoms with Crippen LogP contribution in [0.25, 0.3) is 0 Å². The van der Waals surface area contributed by atoms with E-state index in [0.717, 1.165) is 3.97 Å². The zero-order valence-electron chi connectivity index (χ0n) is 6.56. The number of carbonyl (C=O) groups excluding carboxylic acids is 1. The SMILES string of the molecule is O=C[SH]1C(C(F)(F)F)=Nc2cncn21. The molecule has 0 bridgehead atoms. The van der Waals surface area contributed by atoms with Crippen LogP contribution in [0.1, 0.15) is 0 Å². The van der Waals surface area contributed by atoms with Crippen LogP contribution in [0, 0.1) is 0 Å². The quantitative estimate of drug-likeness (QED) is 0.578. The molecule has 76 valence electrons. The molecule has 0 saturated carbocycles. The molecular weight excluding hydrogens is 219 g/mol. The first kappa shape index (κ1) is 9.25. The van der Waals surface area contributed by atoms with Crippen molar-refractivity contribution in [2.75, 3.05) is 0 Å². The fourth-order valence-electron chi connectivity index (χ4n) is 1.08. The first-order chi connectivity index (χ1) is 6.54. The van der Waals surface area contributed by atoms with Crippen LogP contribution in [0.15, 0.2) is 17.5 Å². The third-order valence-electron chi connectivity index (χ3n) is 1.62. The molecule has 4 nitrogen and oxygen atoms in total. The van der Waals surface area contributed by atoms with Crippen LogP contribution in [0.5, 0.6) is 0 Å². The molecule has 0 amide bonds. The van der Waals surface area contributed by atoms with Gasteiger partial charge in [-0.05, 0) is 0 Å². The maximum absolute atomic E-state index is 12.3. The van der Waals surface area contributed by atoms with Gasteiger partial charge in [0.2, 0.25) is 0 Å². The average Bonchev–Trinajstić information content (AvgIpc) is 2.58. The summed E-state index contributed by atoms with van der Waals surface area (Å²) in [6, 6.07) is 0. The minimum absolute atomic E-state index is 0.0792. The molecule has 0 fully saturated rings. The molecule has 0 N–H and O–H groups in total. The van der Waals surface area contributed by atoms with Crippen molar-refractivity contribution in [1.82, 2.24) is 8.96 Å². The van der Waals surface area contributed by atoms with E-state index in [-0.39, 0.29) is 11.4 Å². The second-order valence-corrected chi connectivity index (χ2v) is 4.23. The molecule has 0 saturated heterocycles. The highest BCUT2D eigenvalue weighted by Gasteiger charge is 2.43. The summed E-state index contributed by atoms with van der Waals surface area (Å²) >= 11 is -2.07. The molecule has 14 heavy (non-hydrogen) atoms. The second kappa shape index (κ2) is 2.84. The number of aliphatic imine (C=N–C) groups is 1. The highest BCUT2D eigenvalue weighted by molar-refractivity contribution is 8.39. The minimum Gasteiger partial charge on any atom is -0.291 e. The number of thiol groups is 1. The third kappa shape index (κ3) is 1.22. The standard InChI is InChI=1S/C6H4F3N3OS/c7-6(8,9)5-11-4-1-10-2-12(4)14(5)3-13/h1-3,14H. The summed E-state index contributed by atoms with van der Waals surface area (Å²) in [5, 5.41) is -1.03. The van der Waals surface area contributed by atoms with Gasteiger partial charge in [-0.25, -0.2) is 9.98 Å². The van der Waals surface area contributed by atoms with E-state index in [9.17, 15) is 18.0 Å². The van der Waals surface area contributed by atoms with Crippen molar-refractivity contribution < 1.29 is 18.0 Å². The Morgan fingerprint density at radius 1 is 1.50 bits per heavy atom. The lowest BCUT2D eigenvalue weighted by Crippen LogP contribution is -2.22. The van der Waals surface area contributed by atoms with Gasteiger partial charge in [-0.15, -0.1) is 0 Å². The molecule has 8 heteroatoms. The number of nitrogens with zero attached hydrogens (tertiary/aromatic N) is 3. The van der Waals surface area contributed by atoms with Crippen LogP contribution in [-0.2, 0) is 4.79 Å². The normalized spacial score (nSPS) is 23.1. The Hall–Kier alpha value is -1.31. The molecule has 2 heterocycles. The Morgan fingerprint density at radius 3 is 2.79 bits per heavy atom. The lowest BCUT2D eigenvalue weighted by atomic mass is 10.7. The Bertz CT molecular complexity index is 411. The van der Waals surface area contributed by atoms with Gasteiger partial charge in [0.25, 0.3) is 0 Å². The number of carbonyl (C=O) groups is 1. The molecule has 0 radical (unpaired) electrons. The van der Waals surface area contributed by atoms with Gasteiger partial charge in [-0.3, -0.25) is 8.77 Å². The third-order valence-corrected chi connectivity index (χ3v) is 3.38. The fraction of sp³-hybridized carbons (Fsp3) is 0.167. The summed E-state index contributed by atoms with van der Waals surface area (Å²) in [7, 11) is 0. The van der Waals surface area contributed by atoms with Crippen LogP contribution >= 0.6 is 11.1 Å². The molecule has 2 rings (SSSR count). The zero-order valence-corrected chi connectivity index (χ0v) is 7.46. The maximum Gasteiger partial charge on any atom is 0.439 e. The smallest absolute Gasteiger partial charge is 0.291 e. The Labute approximate surface area is 78.9 Å². The minimum atomic E-state index is -4.55. The van der Waals surface area contributed by atoms with Gasteiger partial charge in [0, 0.05) is 0 Å². The van der Waals surface area contributed by atoms with Gasteiger partial charge < -0.3 is 0 Å². The fourth-order valence-corrected chi connectivity index (χ4v) is 2.44. The molecule has 1 aromatic heterocycles. The number of hydrogen-bond donors (Lipinski definition) is 1. The number of aromatic nitrogens is 2. The summed E-state index contributed by atoms with van der Waals surface area (Å²) in [4.78, 5) is 17.5. The lowest BCUT2D eigenvalue weighted by Gasteiger charge is -2.14. The van der Waals surface area contributed by atoms with Crippen molar-refractivity contribution in [1.29, 1.82) is 0 Å². The van der Waals surface area contributed by atoms with E-state index in [4.69, 9.17) is 0 Å². The van der Waals surface area contributed by atoms with Gasteiger partial charge in [-0.1, -0.05) is 11.1 Å². The van der Waals surface area contributed by atoms with Crippen LogP contribution in [-0.4, -0.2) is 25.8 Å². The van der Waals surface area contributed by atoms with Crippen molar-refractivity contribution in [2.24, 2.45) is 4.99 Å². The van der Waals surface area contributed by atoms with Crippen LogP contribution in [0.4, 0.5) is 19.0 Å². The van der Waals surface area contributed by atoms with Crippen molar-refractivity contribution in [2.45, 2.75) is 6.18 Å². The van der Waals surface area contributed by atoms with Crippen molar-refractivity contribution in [3.05, 3.63) is 12.5 Å². The number of alkyl halides is 3. The Kier molecular flexibility index (Phi) is 1.88. The molecule has 1 aromatic rings. The van der Waals surface area contributed by atoms with Gasteiger partial charge in [0.15, 0.2) is 16.5 Å². The number of imidazole rings is 1. The monoisotopic (exact) mass is 223 g/mol. The lowest BCUT2D eigenvalue weighted by molar-refractivity contribution is -0.0553. The topological polar surface area (TPSA) is 47.2 Å². The molecule has 0 spiro atoms. The van der Waals surface area contributed by atoms with Gasteiger partial charge >= 0.3 is 6.18 Å². The van der Waals surface area contributed by atoms with E-state index in [2.05, 4.69) is 9.98 Å². The first-order valence-corrected chi connectivity index (χ1v) is 4.83. The molecule has 1 aliphatic rings. The number of rotatable bonds is 1. The van der Waals surface area contributed by atoms with E-state index in [0.29, 0.717) is 0 Å². The Morgan fingerprint density at radius 2 is 2.21 bits per heavy atom. The molecule has 0 aliphatic carbocycles. The largest absolute Gasteiger partial charge is 0.439 e.